The number of hydrogen-bond acceptors (Lipinski definition) is 3. The summed E-state index contributed by atoms with van der Waals surface area (Å²) in [7, 11) is 0. The van der Waals surface area contributed by atoms with Gasteiger partial charge in [-0.25, -0.2) is 4.98 Å². The summed E-state index contributed by atoms with van der Waals surface area (Å²) >= 11 is 1.78. The van der Waals surface area contributed by atoms with E-state index in [4.69, 9.17) is 4.98 Å². The summed E-state index contributed by atoms with van der Waals surface area (Å²) in [5.41, 5.74) is 2.63. The summed E-state index contributed by atoms with van der Waals surface area (Å²) in [6.45, 7) is 6.66. The minimum Gasteiger partial charge on any atom is -0.301 e. The predicted octanol–water partition coefficient (Wildman–Crippen LogP) is 4.28. The van der Waals surface area contributed by atoms with Crippen molar-refractivity contribution in [1.29, 1.82) is 0 Å². The molecule has 1 aliphatic carbocycles. The van der Waals surface area contributed by atoms with Crippen molar-refractivity contribution in [2.75, 3.05) is 0 Å². The third-order valence-electron chi connectivity index (χ3n) is 3.65. The van der Waals surface area contributed by atoms with Crippen molar-refractivity contribution in [3.63, 3.8) is 0 Å². The second-order valence-electron chi connectivity index (χ2n) is 6.61. The van der Waals surface area contributed by atoms with Crippen LogP contribution < -0.4 is 5.32 Å². The molecule has 0 radical (unpaired) electrons. The standard InChI is InChI=1S/C17H22N2S/c1-17(2,3)14-11-20-16(19-14)15(18-13-9-10-13)12-7-5-4-6-8-12/h4-8,11,13,15,18H,9-10H2,1-3H3. The summed E-state index contributed by atoms with van der Waals surface area (Å²) in [6.07, 6.45) is 2.58. The van der Waals surface area contributed by atoms with Crippen molar-refractivity contribution < 1.29 is 0 Å². The van der Waals surface area contributed by atoms with E-state index < -0.39 is 0 Å². The Kier molecular flexibility index (Phi) is 3.65. The van der Waals surface area contributed by atoms with Gasteiger partial charge in [0, 0.05) is 16.8 Å². The van der Waals surface area contributed by atoms with E-state index >= 15 is 0 Å². The third-order valence-corrected chi connectivity index (χ3v) is 4.56. The van der Waals surface area contributed by atoms with Gasteiger partial charge in [-0.05, 0) is 18.4 Å². The van der Waals surface area contributed by atoms with Crippen LogP contribution in [0, 0.1) is 0 Å². The van der Waals surface area contributed by atoms with E-state index in [0.29, 0.717) is 6.04 Å². The number of hydrogen-bond donors (Lipinski definition) is 1. The van der Waals surface area contributed by atoms with Crippen LogP contribution >= 0.6 is 11.3 Å². The van der Waals surface area contributed by atoms with Gasteiger partial charge in [0.2, 0.25) is 0 Å². The van der Waals surface area contributed by atoms with Gasteiger partial charge in [-0.1, -0.05) is 51.1 Å². The van der Waals surface area contributed by atoms with Crippen LogP contribution in [0.5, 0.6) is 0 Å². The molecule has 2 nitrogen and oxygen atoms in total. The number of aromatic nitrogens is 1. The molecule has 1 atom stereocenters. The molecule has 0 bridgehead atoms. The maximum atomic E-state index is 4.90. The Hall–Kier alpha value is -1.19. The smallest absolute Gasteiger partial charge is 0.114 e. The molecule has 20 heavy (non-hydrogen) atoms. The minimum absolute atomic E-state index is 0.121. The van der Waals surface area contributed by atoms with Gasteiger partial charge in [0.1, 0.15) is 5.01 Å². The lowest BCUT2D eigenvalue weighted by atomic mass is 9.93. The summed E-state index contributed by atoms with van der Waals surface area (Å²) < 4.78 is 0. The van der Waals surface area contributed by atoms with Crippen molar-refractivity contribution in [2.45, 2.75) is 51.1 Å². The molecule has 1 saturated carbocycles. The first-order valence-electron chi connectivity index (χ1n) is 7.31. The Morgan fingerprint density at radius 3 is 2.45 bits per heavy atom. The van der Waals surface area contributed by atoms with E-state index in [2.05, 4.69) is 61.8 Å². The first kappa shape index (κ1) is 13.8. The van der Waals surface area contributed by atoms with Crippen molar-refractivity contribution in [3.05, 3.63) is 52.0 Å². The van der Waals surface area contributed by atoms with E-state index in [1.165, 1.54) is 29.1 Å². The number of benzene rings is 1. The fourth-order valence-corrected chi connectivity index (χ4v) is 3.34. The zero-order chi connectivity index (χ0) is 14.2. The van der Waals surface area contributed by atoms with Crippen molar-refractivity contribution in [2.24, 2.45) is 0 Å². The molecule has 1 N–H and O–H groups in total. The second-order valence-corrected chi connectivity index (χ2v) is 7.50. The molecule has 1 unspecified atom stereocenters. The average Bonchev–Trinajstić information content (AvgIpc) is 3.09. The number of rotatable bonds is 4. The molecule has 3 heteroatoms. The number of thiazole rings is 1. The van der Waals surface area contributed by atoms with Gasteiger partial charge in [-0.3, -0.25) is 0 Å². The van der Waals surface area contributed by atoms with Gasteiger partial charge in [0.05, 0.1) is 11.7 Å². The van der Waals surface area contributed by atoms with Crippen LogP contribution in [-0.2, 0) is 5.41 Å². The molecule has 106 valence electrons. The Morgan fingerprint density at radius 2 is 1.90 bits per heavy atom. The fourth-order valence-electron chi connectivity index (χ4n) is 2.21. The Labute approximate surface area is 125 Å². The van der Waals surface area contributed by atoms with Crippen LogP contribution in [0.15, 0.2) is 35.7 Å². The molecule has 2 aromatic rings. The Balaban J connectivity index is 1.91. The van der Waals surface area contributed by atoms with Crippen molar-refractivity contribution in [3.8, 4) is 0 Å². The molecule has 0 amide bonds. The molecule has 1 aliphatic rings. The predicted molar refractivity (Wildman–Crippen MR) is 85.3 cm³/mol. The zero-order valence-corrected chi connectivity index (χ0v) is 13.2. The molecular weight excluding hydrogens is 264 g/mol. The second kappa shape index (κ2) is 5.30. The highest BCUT2D eigenvalue weighted by molar-refractivity contribution is 7.09. The topological polar surface area (TPSA) is 24.9 Å². The van der Waals surface area contributed by atoms with E-state index in [9.17, 15) is 0 Å². The van der Waals surface area contributed by atoms with Crippen LogP contribution in [0.1, 0.15) is 55.9 Å². The highest BCUT2D eigenvalue weighted by atomic mass is 32.1. The first-order chi connectivity index (χ1) is 9.54. The normalized spacial score (nSPS) is 17.1. The molecular formula is C17H22N2S. The van der Waals surface area contributed by atoms with E-state index in [1.807, 2.05) is 0 Å². The summed E-state index contributed by atoms with van der Waals surface area (Å²) in [5, 5.41) is 7.13. The maximum absolute atomic E-state index is 4.90. The molecule has 0 saturated heterocycles. The average molecular weight is 286 g/mol. The summed E-state index contributed by atoms with van der Waals surface area (Å²) in [4.78, 5) is 4.90. The lowest BCUT2D eigenvalue weighted by molar-refractivity contribution is 0.557. The van der Waals surface area contributed by atoms with Gasteiger partial charge in [-0.15, -0.1) is 11.3 Å². The molecule has 1 aromatic carbocycles. The van der Waals surface area contributed by atoms with Crippen LogP contribution in [0.4, 0.5) is 0 Å². The zero-order valence-electron chi connectivity index (χ0n) is 12.4. The van der Waals surface area contributed by atoms with Crippen LogP contribution in [0.25, 0.3) is 0 Å². The fraction of sp³-hybridized carbons (Fsp3) is 0.471. The summed E-state index contributed by atoms with van der Waals surface area (Å²) in [6, 6.07) is 11.6. The van der Waals surface area contributed by atoms with Gasteiger partial charge in [0.25, 0.3) is 0 Å². The lowest BCUT2D eigenvalue weighted by Gasteiger charge is -2.18. The van der Waals surface area contributed by atoms with Crippen LogP contribution in [-0.4, -0.2) is 11.0 Å². The monoisotopic (exact) mass is 286 g/mol. The summed E-state index contributed by atoms with van der Waals surface area (Å²) in [5.74, 6) is 0. The van der Waals surface area contributed by atoms with Gasteiger partial charge in [0.15, 0.2) is 0 Å². The quantitative estimate of drug-likeness (QED) is 0.907. The molecule has 1 aromatic heterocycles. The first-order valence-corrected chi connectivity index (χ1v) is 8.19. The number of nitrogens with one attached hydrogen (secondary N) is 1. The van der Waals surface area contributed by atoms with Crippen LogP contribution in [0.3, 0.4) is 0 Å². The molecule has 0 spiro atoms. The lowest BCUT2D eigenvalue weighted by Crippen LogP contribution is -2.24. The van der Waals surface area contributed by atoms with Gasteiger partial charge < -0.3 is 5.32 Å². The highest BCUT2D eigenvalue weighted by Crippen LogP contribution is 2.32. The van der Waals surface area contributed by atoms with Crippen molar-refractivity contribution >= 4 is 11.3 Å². The highest BCUT2D eigenvalue weighted by Gasteiger charge is 2.28. The van der Waals surface area contributed by atoms with E-state index in [1.54, 1.807) is 11.3 Å². The molecule has 0 aliphatic heterocycles. The molecule has 1 fully saturated rings. The van der Waals surface area contributed by atoms with E-state index in [-0.39, 0.29) is 11.5 Å². The van der Waals surface area contributed by atoms with E-state index in [0.717, 1.165) is 0 Å². The van der Waals surface area contributed by atoms with Crippen molar-refractivity contribution in [1.82, 2.24) is 10.3 Å². The Morgan fingerprint density at radius 1 is 1.20 bits per heavy atom. The largest absolute Gasteiger partial charge is 0.301 e. The SMILES string of the molecule is CC(C)(C)c1csc(C(NC2CC2)c2ccccc2)n1. The van der Waals surface area contributed by atoms with Gasteiger partial charge >= 0.3 is 0 Å². The minimum atomic E-state index is 0.121. The maximum Gasteiger partial charge on any atom is 0.114 e. The number of nitrogens with zero attached hydrogens (tertiary/aromatic N) is 1. The molecule has 1 heterocycles. The third kappa shape index (κ3) is 3.10. The molecule has 3 rings (SSSR count). The Bertz CT molecular complexity index is 564. The van der Waals surface area contributed by atoms with Gasteiger partial charge in [-0.2, -0.15) is 0 Å². The van der Waals surface area contributed by atoms with Crippen LogP contribution in [0.2, 0.25) is 0 Å².